The number of nitrogens with zero attached hydrogens (tertiary/aromatic N) is 1. The molecule has 1 aliphatic heterocycles. The van der Waals surface area contributed by atoms with E-state index in [4.69, 9.17) is 5.73 Å². The maximum Gasteiger partial charge on any atom is 0.323 e. The van der Waals surface area contributed by atoms with Gasteiger partial charge in [-0.1, -0.05) is 0 Å². The van der Waals surface area contributed by atoms with Gasteiger partial charge in [-0.3, -0.25) is 9.69 Å². The van der Waals surface area contributed by atoms with Crippen molar-refractivity contribution in [3.8, 4) is 0 Å². The molecule has 2 atom stereocenters. The van der Waals surface area contributed by atoms with E-state index in [-0.39, 0.29) is 18.1 Å². The maximum absolute atomic E-state index is 11.2. The van der Waals surface area contributed by atoms with E-state index >= 15 is 0 Å². The predicted octanol–water partition coefficient (Wildman–Crippen LogP) is -0.419. The SMILES string of the molecule is COC(=O)C1CCC(N)CN1C. The molecule has 4 heteroatoms. The fraction of sp³-hybridized carbons (Fsp3) is 0.875. The minimum absolute atomic E-state index is 0.0881. The Balaban J connectivity index is 2.50. The van der Waals surface area contributed by atoms with Gasteiger partial charge in [0.1, 0.15) is 6.04 Å². The zero-order valence-electron chi connectivity index (χ0n) is 7.62. The largest absolute Gasteiger partial charge is 0.468 e. The summed E-state index contributed by atoms with van der Waals surface area (Å²) in [6.45, 7) is 0.778. The lowest BCUT2D eigenvalue weighted by atomic mass is 10.00. The minimum atomic E-state index is -0.149. The van der Waals surface area contributed by atoms with Crippen LogP contribution in [0.3, 0.4) is 0 Å². The lowest BCUT2D eigenvalue weighted by molar-refractivity contribution is -0.147. The maximum atomic E-state index is 11.2. The van der Waals surface area contributed by atoms with Gasteiger partial charge >= 0.3 is 5.97 Å². The van der Waals surface area contributed by atoms with Crippen LogP contribution in [0.25, 0.3) is 0 Å². The Labute approximate surface area is 72.7 Å². The van der Waals surface area contributed by atoms with Crippen LogP contribution in [0.2, 0.25) is 0 Å². The molecule has 1 rings (SSSR count). The molecular weight excluding hydrogens is 156 g/mol. The molecule has 1 fully saturated rings. The summed E-state index contributed by atoms with van der Waals surface area (Å²) in [6.07, 6.45) is 1.72. The molecule has 0 spiro atoms. The van der Waals surface area contributed by atoms with Crippen molar-refractivity contribution in [3.63, 3.8) is 0 Å². The Hall–Kier alpha value is -0.610. The summed E-state index contributed by atoms with van der Waals surface area (Å²) in [5.41, 5.74) is 5.74. The van der Waals surface area contributed by atoms with E-state index in [2.05, 4.69) is 4.74 Å². The Morgan fingerprint density at radius 3 is 2.75 bits per heavy atom. The third-order valence-electron chi connectivity index (χ3n) is 2.34. The van der Waals surface area contributed by atoms with E-state index < -0.39 is 0 Å². The van der Waals surface area contributed by atoms with E-state index in [9.17, 15) is 4.79 Å². The molecule has 2 N–H and O–H groups in total. The zero-order chi connectivity index (χ0) is 9.14. The van der Waals surface area contributed by atoms with E-state index in [0.29, 0.717) is 0 Å². The van der Waals surface area contributed by atoms with Crippen LogP contribution >= 0.6 is 0 Å². The Kier molecular flexibility index (Phi) is 3.05. The second-order valence-electron chi connectivity index (χ2n) is 3.32. The number of likely N-dealkylation sites (N-methyl/N-ethyl adjacent to an activating group) is 1. The summed E-state index contributed by atoms with van der Waals surface area (Å²) in [5, 5.41) is 0. The molecule has 0 aromatic carbocycles. The van der Waals surface area contributed by atoms with Crippen LogP contribution in [0.1, 0.15) is 12.8 Å². The molecule has 12 heavy (non-hydrogen) atoms. The molecule has 0 saturated carbocycles. The van der Waals surface area contributed by atoms with Crippen molar-refractivity contribution in [1.82, 2.24) is 4.90 Å². The molecule has 2 unspecified atom stereocenters. The highest BCUT2D eigenvalue weighted by Gasteiger charge is 2.29. The lowest BCUT2D eigenvalue weighted by Gasteiger charge is -2.33. The molecule has 0 bridgehead atoms. The highest BCUT2D eigenvalue weighted by Crippen LogP contribution is 2.15. The summed E-state index contributed by atoms with van der Waals surface area (Å²) >= 11 is 0. The van der Waals surface area contributed by atoms with Crippen molar-refractivity contribution in [1.29, 1.82) is 0 Å². The number of nitrogens with two attached hydrogens (primary N) is 1. The fourth-order valence-electron chi connectivity index (χ4n) is 1.61. The topological polar surface area (TPSA) is 55.6 Å². The van der Waals surface area contributed by atoms with E-state index in [1.165, 1.54) is 7.11 Å². The van der Waals surface area contributed by atoms with Crippen LogP contribution in [-0.4, -0.2) is 43.7 Å². The van der Waals surface area contributed by atoms with Gasteiger partial charge in [0, 0.05) is 12.6 Å². The number of carbonyl (C=O) groups excluding carboxylic acids is 1. The highest BCUT2D eigenvalue weighted by molar-refractivity contribution is 5.75. The van der Waals surface area contributed by atoms with Crippen molar-refractivity contribution in [2.24, 2.45) is 5.73 Å². The first kappa shape index (κ1) is 9.48. The summed E-state index contributed by atoms with van der Waals surface area (Å²) in [4.78, 5) is 13.1. The monoisotopic (exact) mass is 172 g/mol. The number of carbonyl (C=O) groups is 1. The van der Waals surface area contributed by atoms with Crippen molar-refractivity contribution in [2.45, 2.75) is 24.9 Å². The van der Waals surface area contributed by atoms with E-state index in [1.807, 2.05) is 11.9 Å². The summed E-state index contributed by atoms with van der Waals surface area (Å²) in [7, 11) is 3.32. The summed E-state index contributed by atoms with van der Waals surface area (Å²) in [5.74, 6) is -0.149. The fourth-order valence-corrected chi connectivity index (χ4v) is 1.61. The number of hydrogen-bond donors (Lipinski definition) is 1. The Bertz CT molecular complexity index is 172. The zero-order valence-corrected chi connectivity index (χ0v) is 7.62. The number of rotatable bonds is 1. The third-order valence-corrected chi connectivity index (χ3v) is 2.34. The molecule has 0 aliphatic carbocycles. The van der Waals surface area contributed by atoms with Crippen LogP contribution in [0.5, 0.6) is 0 Å². The van der Waals surface area contributed by atoms with Crippen molar-refractivity contribution < 1.29 is 9.53 Å². The lowest BCUT2D eigenvalue weighted by Crippen LogP contribution is -2.50. The van der Waals surface area contributed by atoms with Gasteiger partial charge in [0.15, 0.2) is 0 Å². The van der Waals surface area contributed by atoms with Gasteiger partial charge in [-0.2, -0.15) is 0 Å². The van der Waals surface area contributed by atoms with Crippen molar-refractivity contribution in [2.75, 3.05) is 20.7 Å². The molecule has 1 saturated heterocycles. The first-order valence-corrected chi connectivity index (χ1v) is 4.18. The number of hydrogen-bond acceptors (Lipinski definition) is 4. The van der Waals surface area contributed by atoms with Crippen LogP contribution in [0, 0.1) is 0 Å². The number of piperidine rings is 1. The van der Waals surface area contributed by atoms with Gasteiger partial charge < -0.3 is 10.5 Å². The number of ether oxygens (including phenoxy) is 1. The van der Waals surface area contributed by atoms with E-state index in [1.54, 1.807) is 0 Å². The van der Waals surface area contributed by atoms with Gasteiger partial charge in [-0.25, -0.2) is 0 Å². The number of methoxy groups -OCH3 is 1. The molecule has 1 heterocycles. The molecule has 0 radical (unpaired) electrons. The van der Waals surface area contributed by atoms with Gasteiger partial charge in [0.05, 0.1) is 7.11 Å². The van der Waals surface area contributed by atoms with Gasteiger partial charge in [-0.05, 0) is 19.9 Å². The first-order valence-electron chi connectivity index (χ1n) is 4.18. The minimum Gasteiger partial charge on any atom is -0.468 e. The molecule has 1 aliphatic rings. The average Bonchev–Trinajstić information content (AvgIpc) is 2.03. The molecule has 0 amide bonds. The first-order chi connectivity index (χ1) is 5.65. The Morgan fingerprint density at radius 2 is 2.25 bits per heavy atom. The predicted molar refractivity (Wildman–Crippen MR) is 45.6 cm³/mol. The molecular formula is C8H16N2O2. The standard InChI is InChI=1S/C8H16N2O2/c1-10-5-6(9)3-4-7(10)8(11)12-2/h6-7H,3-5,9H2,1-2H3. The molecule has 0 aromatic rings. The number of likely N-dealkylation sites (tertiary alicyclic amines) is 1. The average molecular weight is 172 g/mol. The highest BCUT2D eigenvalue weighted by atomic mass is 16.5. The van der Waals surface area contributed by atoms with Gasteiger partial charge in [-0.15, -0.1) is 0 Å². The van der Waals surface area contributed by atoms with Crippen LogP contribution in [-0.2, 0) is 9.53 Å². The van der Waals surface area contributed by atoms with E-state index in [0.717, 1.165) is 19.4 Å². The van der Waals surface area contributed by atoms with Crippen LogP contribution < -0.4 is 5.73 Å². The second kappa shape index (κ2) is 3.87. The second-order valence-corrected chi connectivity index (χ2v) is 3.32. The summed E-state index contributed by atoms with van der Waals surface area (Å²) < 4.78 is 4.67. The van der Waals surface area contributed by atoms with Crippen molar-refractivity contribution in [3.05, 3.63) is 0 Å². The Morgan fingerprint density at radius 1 is 1.58 bits per heavy atom. The quantitative estimate of drug-likeness (QED) is 0.546. The molecule has 70 valence electrons. The smallest absolute Gasteiger partial charge is 0.323 e. The van der Waals surface area contributed by atoms with Gasteiger partial charge in [0.2, 0.25) is 0 Å². The third kappa shape index (κ3) is 1.95. The van der Waals surface area contributed by atoms with Gasteiger partial charge in [0.25, 0.3) is 0 Å². The number of esters is 1. The molecule has 0 aromatic heterocycles. The summed E-state index contributed by atoms with van der Waals surface area (Å²) in [6, 6.07) is 0.116. The van der Waals surface area contributed by atoms with Crippen LogP contribution in [0.4, 0.5) is 0 Å². The normalized spacial score (nSPS) is 31.6. The van der Waals surface area contributed by atoms with Crippen LogP contribution in [0.15, 0.2) is 0 Å². The van der Waals surface area contributed by atoms with Crippen molar-refractivity contribution >= 4 is 5.97 Å². The molecule has 4 nitrogen and oxygen atoms in total.